The molecular weight excluding hydrogens is 617 g/mol. The van der Waals surface area contributed by atoms with E-state index >= 15 is 0 Å². The second-order valence-electron chi connectivity index (χ2n) is 10.0. The van der Waals surface area contributed by atoms with E-state index < -0.39 is 0 Å². The molecular formula is C34H38Cl3N5O2. The van der Waals surface area contributed by atoms with Crippen LogP contribution in [0.25, 0.3) is 43.6 Å². The average molecular weight is 655 g/mol. The van der Waals surface area contributed by atoms with E-state index in [2.05, 4.69) is 64.5 Å². The van der Waals surface area contributed by atoms with Gasteiger partial charge in [0.05, 0.1) is 36.6 Å². The van der Waals surface area contributed by atoms with Crippen molar-refractivity contribution in [1.29, 1.82) is 0 Å². The molecule has 0 amide bonds. The zero-order valence-electron chi connectivity index (χ0n) is 24.8. The monoisotopic (exact) mass is 653 g/mol. The quantitative estimate of drug-likeness (QED) is 0.0906. The standard InChI is InChI=1S/C34H35N5O2.3ClH/c1-40-29-17-7-13-25-31(23-11-3-5-15-27(23)38-33(25)29)36-21-9-19-35-20-10-22-37-32-24-12-4-6-16-28(24)39-34-26(32)14-8-18-30(34)41-2;;;/h3-8,11-18,35H,9-10,19-22H2,1-2H3,(H,36,38)(H,37,39);3*1H. The highest BCUT2D eigenvalue weighted by atomic mass is 35.5. The Hall–Kier alpha value is -3.75. The van der Waals surface area contributed by atoms with E-state index in [0.29, 0.717) is 0 Å². The summed E-state index contributed by atoms with van der Waals surface area (Å²) in [7, 11) is 3.39. The topological polar surface area (TPSA) is 80.3 Å². The van der Waals surface area contributed by atoms with Crippen molar-refractivity contribution in [2.75, 3.05) is 51.0 Å². The largest absolute Gasteiger partial charge is 0.494 e. The minimum Gasteiger partial charge on any atom is -0.494 e. The Morgan fingerprint density at radius 1 is 0.500 bits per heavy atom. The molecule has 0 saturated carbocycles. The van der Waals surface area contributed by atoms with Crippen LogP contribution in [0.4, 0.5) is 11.4 Å². The first kappa shape index (κ1) is 34.7. The third kappa shape index (κ3) is 7.13. The number of anilines is 2. The Bertz CT molecular complexity index is 1700. The van der Waals surface area contributed by atoms with Crippen molar-refractivity contribution in [2.24, 2.45) is 0 Å². The fraction of sp³-hybridized carbons (Fsp3) is 0.235. The van der Waals surface area contributed by atoms with Crippen LogP contribution in [-0.2, 0) is 0 Å². The highest BCUT2D eigenvalue weighted by Gasteiger charge is 2.13. The first-order chi connectivity index (χ1) is 20.3. The maximum atomic E-state index is 5.59. The SMILES string of the molecule is COc1cccc2c(NCCCNCCCNc3c4ccccc4nc4c(OC)cccc34)c3ccccc3nc12.Cl.Cl.Cl. The van der Waals surface area contributed by atoms with Crippen LogP contribution in [0.5, 0.6) is 11.5 Å². The van der Waals surface area contributed by atoms with Gasteiger partial charge in [-0.25, -0.2) is 9.97 Å². The molecule has 0 unspecified atom stereocenters. The molecule has 44 heavy (non-hydrogen) atoms. The van der Waals surface area contributed by atoms with Crippen LogP contribution in [0, 0.1) is 0 Å². The van der Waals surface area contributed by atoms with Gasteiger partial charge in [0, 0.05) is 34.6 Å². The number of nitrogens with one attached hydrogen (secondary N) is 3. The van der Waals surface area contributed by atoms with Crippen LogP contribution < -0.4 is 25.4 Å². The maximum absolute atomic E-state index is 5.59. The summed E-state index contributed by atoms with van der Waals surface area (Å²) in [6, 6.07) is 28.7. The molecule has 2 aromatic heterocycles. The summed E-state index contributed by atoms with van der Waals surface area (Å²) < 4.78 is 11.2. The number of benzene rings is 4. The van der Waals surface area contributed by atoms with Gasteiger partial charge in [-0.1, -0.05) is 60.7 Å². The van der Waals surface area contributed by atoms with Gasteiger partial charge in [0.15, 0.2) is 0 Å². The summed E-state index contributed by atoms with van der Waals surface area (Å²) in [6.07, 6.45) is 2.02. The normalized spacial score (nSPS) is 10.6. The summed E-state index contributed by atoms with van der Waals surface area (Å²) in [5.74, 6) is 1.58. The van der Waals surface area contributed by atoms with Crippen molar-refractivity contribution >= 4 is 92.2 Å². The Balaban J connectivity index is 0.00000176. The molecule has 232 valence electrons. The van der Waals surface area contributed by atoms with Gasteiger partial charge in [-0.3, -0.25) is 0 Å². The number of ether oxygens (including phenoxy) is 2. The third-order valence-electron chi connectivity index (χ3n) is 7.45. The fourth-order valence-corrected chi connectivity index (χ4v) is 5.46. The van der Waals surface area contributed by atoms with Gasteiger partial charge >= 0.3 is 0 Å². The van der Waals surface area contributed by atoms with Gasteiger partial charge in [0.2, 0.25) is 0 Å². The average Bonchev–Trinajstić information content (AvgIpc) is 3.02. The Labute approximate surface area is 276 Å². The summed E-state index contributed by atoms with van der Waals surface area (Å²) in [6.45, 7) is 3.61. The summed E-state index contributed by atoms with van der Waals surface area (Å²) in [4.78, 5) is 9.73. The molecule has 6 rings (SSSR count). The molecule has 0 saturated heterocycles. The number of hydrogen-bond acceptors (Lipinski definition) is 7. The highest BCUT2D eigenvalue weighted by Crippen LogP contribution is 2.36. The van der Waals surface area contributed by atoms with Gasteiger partial charge in [0.1, 0.15) is 22.5 Å². The lowest BCUT2D eigenvalue weighted by atomic mass is 10.1. The van der Waals surface area contributed by atoms with Gasteiger partial charge in [-0.15, -0.1) is 37.2 Å². The van der Waals surface area contributed by atoms with Gasteiger partial charge < -0.3 is 25.4 Å². The molecule has 7 nitrogen and oxygen atoms in total. The second-order valence-corrected chi connectivity index (χ2v) is 10.0. The molecule has 0 fully saturated rings. The molecule has 0 aliphatic heterocycles. The molecule has 0 atom stereocenters. The number of rotatable bonds is 12. The van der Waals surface area contributed by atoms with E-state index in [-0.39, 0.29) is 37.2 Å². The molecule has 2 heterocycles. The maximum Gasteiger partial charge on any atom is 0.145 e. The van der Waals surface area contributed by atoms with E-state index in [4.69, 9.17) is 19.4 Å². The first-order valence-electron chi connectivity index (χ1n) is 14.2. The zero-order chi connectivity index (χ0) is 28.0. The van der Waals surface area contributed by atoms with E-state index in [9.17, 15) is 0 Å². The van der Waals surface area contributed by atoms with E-state index in [1.54, 1.807) is 14.2 Å². The molecule has 0 radical (unpaired) electrons. The highest BCUT2D eigenvalue weighted by molar-refractivity contribution is 6.10. The van der Waals surface area contributed by atoms with Crippen molar-refractivity contribution in [3.8, 4) is 11.5 Å². The Morgan fingerprint density at radius 3 is 1.34 bits per heavy atom. The van der Waals surface area contributed by atoms with Crippen molar-refractivity contribution in [1.82, 2.24) is 15.3 Å². The van der Waals surface area contributed by atoms with Gasteiger partial charge in [-0.05, 0) is 50.2 Å². The van der Waals surface area contributed by atoms with Crippen LogP contribution >= 0.6 is 37.2 Å². The van der Waals surface area contributed by atoms with E-state index in [0.717, 1.165) is 106 Å². The van der Waals surface area contributed by atoms with Gasteiger partial charge in [0.25, 0.3) is 0 Å². The molecule has 0 bridgehead atoms. The lowest BCUT2D eigenvalue weighted by Gasteiger charge is -2.15. The van der Waals surface area contributed by atoms with Crippen LogP contribution in [0.15, 0.2) is 84.9 Å². The van der Waals surface area contributed by atoms with Crippen LogP contribution in [0.3, 0.4) is 0 Å². The van der Waals surface area contributed by atoms with Crippen LogP contribution in [0.1, 0.15) is 12.8 Å². The number of methoxy groups -OCH3 is 2. The molecule has 0 aliphatic carbocycles. The van der Waals surface area contributed by atoms with Crippen molar-refractivity contribution < 1.29 is 9.47 Å². The number of pyridine rings is 2. The fourth-order valence-electron chi connectivity index (χ4n) is 5.46. The Kier molecular flexibility index (Phi) is 12.9. The minimum absolute atomic E-state index is 0. The molecule has 3 N–H and O–H groups in total. The van der Waals surface area contributed by atoms with Crippen LogP contribution in [0.2, 0.25) is 0 Å². The second kappa shape index (κ2) is 16.4. The van der Waals surface area contributed by atoms with E-state index in [1.807, 2.05) is 36.4 Å². The van der Waals surface area contributed by atoms with Gasteiger partial charge in [-0.2, -0.15) is 0 Å². The lowest BCUT2D eigenvalue weighted by molar-refractivity contribution is 0.419. The third-order valence-corrected chi connectivity index (χ3v) is 7.45. The zero-order valence-corrected chi connectivity index (χ0v) is 27.2. The van der Waals surface area contributed by atoms with Crippen molar-refractivity contribution in [2.45, 2.75) is 12.8 Å². The lowest BCUT2D eigenvalue weighted by Crippen LogP contribution is -2.21. The number of halogens is 3. The van der Waals surface area contributed by atoms with E-state index in [1.165, 1.54) is 0 Å². The summed E-state index contributed by atoms with van der Waals surface area (Å²) >= 11 is 0. The number of para-hydroxylation sites is 4. The number of fused-ring (bicyclic) bond motifs is 4. The first-order valence-corrected chi connectivity index (χ1v) is 14.2. The number of hydrogen-bond donors (Lipinski definition) is 3. The molecule has 10 heteroatoms. The van der Waals surface area contributed by atoms with Crippen molar-refractivity contribution in [3.63, 3.8) is 0 Å². The van der Waals surface area contributed by atoms with Crippen LogP contribution in [-0.4, -0.2) is 50.4 Å². The molecule has 0 aliphatic rings. The molecule has 0 spiro atoms. The smallest absolute Gasteiger partial charge is 0.145 e. The van der Waals surface area contributed by atoms with Crippen molar-refractivity contribution in [3.05, 3.63) is 84.9 Å². The molecule has 4 aromatic carbocycles. The molecule has 6 aromatic rings. The predicted molar refractivity (Wildman–Crippen MR) is 192 cm³/mol. The number of aromatic nitrogens is 2. The predicted octanol–water partition coefficient (Wildman–Crippen LogP) is 8.27. The minimum atomic E-state index is 0. The Morgan fingerprint density at radius 2 is 0.909 bits per heavy atom. The summed E-state index contributed by atoms with van der Waals surface area (Å²) in [5.41, 5.74) is 5.92. The summed E-state index contributed by atoms with van der Waals surface area (Å²) in [5, 5.41) is 15.4. The number of nitrogens with zero attached hydrogens (tertiary/aromatic N) is 2.